The van der Waals surface area contributed by atoms with Crippen LogP contribution in [0.3, 0.4) is 0 Å². The molecular weight excluding hydrogens is 226 g/mol. The van der Waals surface area contributed by atoms with E-state index in [1.165, 1.54) is 17.3 Å². The van der Waals surface area contributed by atoms with Gasteiger partial charge in [0.2, 0.25) is 0 Å². The molecular formula is C12H14ClNS. The number of thioether (sulfide) groups is 1. The Morgan fingerprint density at radius 2 is 2.27 bits per heavy atom. The van der Waals surface area contributed by atoms with Crippen molar-refractivity contribution in [3.63, 3.8) is 0 Å². The average molecular weight is 240 g/mol. The van der Waals surface area contributed by atoms with Crippen LogP contribution in [0, 0.1) is 23.5 Å². The molecule has 0 aliphatic heterocycles. The molecule has 0 saturated carbocycles. The lowest BCUT2D eigenvalue weighted by Gasteiger charge is -2.09. The summed E-state index contributed by atoms with van der Waals surface area (Å²) in [7, 11) is 0. The van der Waals surface area contributed by atoms with E-state index < -0.39 is 0 Å². The van der Waals surface area contributed by atoms with Crippen LogP contribution in [0.25, 0.3) is 0 Å². The normalized spacial score (nSPS) is 12.1. The Morgan fingerprint density at radius 3 is 2.87 bits per heavy atom. The fraction of sp³-hybridized carbons (Fsp3) is 0.417. The van der Waals surface area contributed by atoms with E-state index in [2.05, 4.69) is 24.5 Å². The number of aryl methyl sites for hydroxylation is 1. The van der Waals surface area contributed by atoms with Gasteiger partial charge in [0, 0.05) is 10.8 Å². The van der Waals surface area contributed by atoms with Gasteiger partial charge in [0.1, 0.15) is 5.40 Å². The van der Waals surface area contributed by atoms with E-state index in [0.717, 1.165) is 22.8 Å². The minimum Gasteiger partial charge on any atom is -0.185 e. The molecule has 80 valence electrons. The third-order valence-electron chi connectivity index (χ3n) is 2.24. The first-order valence-corrected chi connectivity index (χ1v) is 6.25. The molecule has 0 radical (unpaired) electrons. The van der Waals surface area contributed by atoms with Crippen LogP contribution in [0.5, 0.6) is 0 Å². The van der Waals surface area contributed by atoms with Crippen molar-refractivity contribution in [1.82, 2.24) is 0 Å². The van der Waals surface area contributed by atoms with Crippen molar-refractivity contribution in [1.29, 1.82) is 5.26 Å². The Kier molecular flexibility index (Phi) is 5.01. The zero-order valence-corrected chi connectivity index (χ0v) is 10.5. The molecule has 1 aromatic carbocycles. The molecule has 1 rings (SSSR count). The molecule has 0 bridgehead atoms. The zero-order chi connectivity index (χ0) is 11.3. The Labute approximate surface area is 100 Å². The molecule has 0 saturated heterocycles. The van der Waals surface area contributed by atoms with Gasteiger partial charge in [-0.3, -0.25) is 0 Å². The van der Waals surface area contributed by atoms with Crippen molar-refractivity contribution >= 4 is 23.4 Å². The van der Waals surface area contributed by atoms with Gasteiger partial charge in [-0.2, -0.15) is 5.26 Å². The average Bonchev–Trinajstić information content (AvgIpc) is 2.20. The summed E-state index contributed by atoms with van der Waals surface area (Å²) in [5, 5.41) is 11.4. The van der Waals surface area contributed by atoms with E-state index >= 15 is 0 Å². The molecule has 0 aliphatic carbocycles. The number of nitrogens with zero attached hydrogens (tertiary/aromatic N) is 1. The quantitative estimate of drug-likeness (QED) is 0.741. The number of benzene rings is 1. The summed E-state index contributed by atoms with van der Waals surface area (Å²) in [4.78, 5) is 0. The van der Waals surface area contributed by atoms with Crippen LogP contribution in [0.4, 0.5) is 0 Å². The molecule has 3 heteroatoms. The highest BCUT2D eigenvalue weighted by molar-refractivity contribution is 8.03. The number of hydrogen-bond acceptors (Lipinski definition) is 2. The van der Waals surface area contributed by atoms with Crippen LogP contribution in [0.2, 0.25) is 5.02 Å². The minimum absolute atomic E-state index is 0.523. The third kappa shape index (κ3) is 4.15. The maximum atomic E-state index is 8.46. The topological polar surface area (TPSA) is 23.8 Å². The molecule has 0 fully saturated rings. The Hall–Kier alpha value is -0.650. The van der Waals surface area contributed by atoms with E-state index in [0.29, 0.717) is 5.92 Å². The summed E-state index contributed by atoms with van der Waals surface area (Å²) in [6, 6.07) is 6.12. The molecule has 1 nitrogen and oxygen atoms in total. The van der Waals surface area contributed by atoms with Crippen molar-refractivity contribution in [2.75, 3.05) is 5.75 Å². The van der Waals surface area contributed by atoms with E-state index in [-0.39, 0.29) is 0 Å². The summed E-state index contributed by atoms with van der Waals surface area (Å²) in [6.07, 6.45) is 1.01. The van der Waals surface area contributed by atoms with Crippen LogP contribution in [-0.2, 0) is 6.42 Å². The van der Waals surface area contributed by atoms with Crippen molar-refractivity contribution in [2.24, 2.45) is 5.92 Å². The van der Waals surface area contributed by atoms with Gasteiger partial charge in [-0.05, 0) is 48.2 Å². The van der Waals surface area contributed by atoms with Crippen molar-refractivity contribution in [2.45, 2.75) is 20.3 Å². The SMILES string of the molecule is Cc1cc(CC(C)CSC#N)ccc1Cl. The Bertz CT molecular complexity index is 370. The zero-order valence-electron chi connectivity index (χ0n) is 8.96. The second-order valence-electron chi connectivity index (χ2n) is 3.80. The largest absolute Gasteiger partial charge is 0.185 e. The van der Waals surface area contributed by atoms with Gasteiger partial charge >= 0.3 is 0 Å². The van der Waals surface area contributed by atoms with E-state index in [9.17, 15) is 0 Å². The van der Waals surface area contributed by atoms with E-state index in [1.807, 2.05) is 13.0 Å². The lowest BCUT2D eigenvalue weighted by Crippen LogP contribution is -2.02. The summed E-state index contributed by atoms with van der Waals surface area (Å²) >= 11 is 7.28. The predicted molar refractivity (Wildman–Crippen MR) is 67.1 cm³/mol. The molecule has 0 heterocycles. The van der Waals surface area contributed by atoms with Crippen molar-refractivity contribution < 1.29 is 0 Å². The fourth-order valence-electron chi connectivity index (χ4n) is 1.47. The first-order chi connectivity index (χ1) is 7.13. The second kappa shape index (κ2) is 6.05. The molecule has 0 spiro atoms. The van der Waals surface area contributed by atoms with Gasteiger partial charge in [0.05, 0.1) is 0 Å². The number of nitriles is 1. The van der Waals surface area contributed by atoms with Gasteiger partial charge in [-0.25, -0.2) is 0 Å². The summed E-state index contributed by atoms with van der Waals surface area (Å²) in [5.74, 6) is 1.41. The van der Waals surface area contributed by atoms with Crippen LogP contribution in [-0.4, -0.2) is 5.75 Å². The van der Waals surface area contributed by atoms with Gasteiger partial charge < -0.3 is 0 Å². The molecule has 0 amide bonds. The number of hydrogen-bond donors (Lipinski definition) is 0. The van der Waals surface area contributed by atoms with Crippen LogP contribution in [0.1, 0.15) is 18.1 Å². The number of halogens is 1. The Morgan fingerprint density at radius 1 is 1.53 bits per heavy atom. The molecule has 15 heavy (non-hydrogen) atoms. The van der Waals surface area contributed by atoms with Crippen LogP contribution < -0.4 is 0 Å². The van der Waals surface area contributed by atoms with Crippen molar-refractivity contribution in [3.8, 4) is 5.40 Å². The first kappa shape index (κ1) is 12.4. The third-order valence-corrected chi connectivity index (χ3v) is 3.53. The summed E-state index contributed by atoms with van der Waals surface area (Å²) in [5.41, 5.74) is 2.41. The highest BCUT2D eigenvalue weighted by Crippen LogP contribution is 2.19. The molecule has 1 aromatic rings. The highest BCUT2D eigenvalue weighted by atomic mass is 35.5. The summed E-state index contributed by atoms with van der Waals surface area (Å²) < 4.78 is 0. The van der Waals surface area contributed by atoms with Gasteiger partial charge in [0.25, 0.3) is 0 Å². The monoisotopic (exact) mass is 239 g/mol. The van der Waals surface area contributed by atoms with Gasteiger partial charge in [0.15, 0.2) is 0 Å². The van der Waals surface area contributed by atoms with Crippen molar-refractivity contribution in [3.05, 3.63) is 34.3 Å². The lowest BCUT2D eigenvalue weighted by molar-refractivity contribution is 0.659. The second-order valence-corrected chi connectivity index (χ2v) is 5.01. The molecule has 1 atom stereocenters. The van der Waals surface area contributed by atoms with Crippen LogP contribution in [0.15, 0.2) is 18.2 Å². The van der Waals surface area contributed by atoms with E-state index in [1.54, 1.807) is 0 Å². The predicted octanol–water partition coefficient (Wildman–Crippen LogP) is 4.04. The maximum Gasteiger partial charge on any atom is 0.133 e. The van der Waals surface area contributed by atoms with Gasteiger partial charge in [-0.15, -0.1) is 0 Å². The van der Waals surface area contributed by atoms with E-state index in [4.69, 9.17) is 16.9 Å². The molecule has 1 unspecified atom stereocenters. The standard InChI is InChI=1S/C12H14ClNS/c1-9(7-15-8-14)5-11-3-4-12(13)10(2)6-11/h3-4,6,9H,5,7H2,1-2H3. The lowest BCUT2D eigenvalue weighted by atomic mass is 10.0. The number of thiocyanates is 1. The first-order valence-electron chi connectivity index (χ1n) is 4.89. The Balaban J connectivity index is 2.57. The fourth-order valence-corrected chi connectivity index (χ4v) is 2.07. The highest BCUT2D eigenvalue weighted by Gasteiger charge is 2.05. The number of rotatable bonds is 4. The van der Waals surface area contributed by atoms with Crippen LogP contribution >= 0.6 is 23.4 Å². The smallest absolute Gasteiger partial charge is 0.133 e. The molecule has 0 aliphatic rings. The summed E-state index contributed by atoms with van der Waals surface area (Å²) in [6.45, 7) is 4.18. The minimum atomic E-state index is 0.523. The molecule has 0 N–H and O–H groups in total. The van der Waals surface area contributed by atoms with Gasteiger partial charge in [-0.1, -0.05) is 30.7 Å². The maximum absolute atomic E-state index is 8.46. The molecule has 0 aromatic heterocycles.